The van der Waals surface area contributed by atoms with Crippen LogP contribution in [0.15, 0.2) is 151 Å². The molecule has 7 aromatic rings. The van der Waals surface area contributed by atoms with Crippen LogP contribution in [0.1, 0.15) is 25.3 Å². The van der Waals surface area contributed by atoms with Gasteiger partial charge in [-0.3, -0.25) is 10.0 Å². The SMILES string of the molecule is C.C.C#CC(=O)OC.COC(=O)C1=CN(COc2ccc3ccccc3c2)NN1C.COC(=O)c1cn(COc2ccc3ccccc3c2)nn1.[N-]=[N+]=NCOc1ccc2ccccc2c1. The Labute approximate surface area is 382 Å². The third-order valence-corrected chi connectivity index (χ3v) is 8.80. The number of hydrogen-bond donors (Lipinski definition) is 1. The lowest BCUT2D eigenvalue weighted by Crippen LogP contribution is -2.40. The van der Waals surface area contributed by atoms with Gasteiger partial charge in [-0.15, -0.1) is 17.1 Å². The van der Waals surface area contributed by atoms with Gasteiger partial charge in [0.25, 0.3) is 0 Å². The fourth-order valence-corrected chi connectivity index (χ4v) is 5.67. The van der Waals surface area contributed by atoms with Crippen LogP contribution in [0.3, 0.4) is 0 Å². The number of methoxy groups -OCH3 is 3. The molecule has 0 aliphatic carbocycles. The third kappa shape index (κ3) is 15.2. The fraction of sp³-hybridized carbons (Fsp3) is 0.188. The van der Waals surface area contributed by atoms with Gasteiger partial charge in [-0.25, -0.2) is 19.1 Å². The van der Waals surface area contributed by atoms with E-state index in [0.29, 0.717) is 11.4 Å². The summed E-state index contributed by atoms with van der Waals surface area (Å²) in [6, 6.07) is 41.6. The highest BCUT2D eigenvalue weighted by Gasteiger charge is 2.24. The Bertz CT molecular complexity index is 2820. The maximum Gasteiger partial charge on any atom is 0.383 e. The number of hydrazine groups is 2. The van der Waals surface area contributed by atoms with E-state index >= 15 is 0 Å². The van der Waals surface area contributed by atoms with E-state index < -0.39 is 17.9 Å². The summed E-state index contributed by atoms with van der Waals surface area (Å²) >= 11 is 0. The van der Waals surface area contributed by atoms with Gasteiger partial charge in [-0.1, -0.05) is 116 Å². The minimum Gasteiger partial charge on any atom is -0.488 e. The van der Waals surface area contributed by atoms with Crippen molar-refractivity contribution in [1.29, 1.82) is 0 Å². The molecule has 8 rings (SSSR count). The molecule has 342 valence electrons. The molecule has 0 spiro atoms. The number of carbonyl (C=O) groups is 3. The first kappa shape index (κ1) is 51.6. The van der Waals surface area contributed by atoms with Crippen LogP contribution in [0, 0.1) is 12.3 Å². The quantitative estimate of drug-likeness (QED) is 0.0245. The Hall–Kier alpha value is -8.78. The molecule has 0 radical (unpaired) electrons. The van der Waals surface area contributed by atoms with E-state index in [1.807, 2.05) is 121 Å². The van der Waals surface area contributed by atoms with Crippen LogP contribution >= 0.6 is 0 Å². The average Bonchev–Trinajstić information content (AvgIpc) is 3.98. The van der Waals surface area contributed by atoms with Crippen LogP contribution in [-0.4, -0.2) is 84.8 Å². The number of azide groups is 1. The molecule has 6 aromatic carbocycles. The lowest BCUT2D eigenvalue weighted by Gasteiger charge is -2.20. The van der Waals surface area contributed by atoms with Crippen LogP contribution in [0.25, 0.3) is 42.8 Å². The normalized spacial score (nSPS) is 10.8. The molecule has 1 N–H and O–H groups in total. The topological polar surface area (TPSA) is 205 Å². The highest BCUT2D eigenvalue weighted by molar-refractivity contribution is 5.88. The predicted molar refractivity (Wildman–Crippen MR) is 251 cm³/mol. The van der Waals surface area contributed by atoms with Crippen LogP contribution in [0.2, 0.25) is 0 Å². The summed E-state index contributed by atoms with van der Waals surface area (Å²) in [5.41, 5.74) is 11.6. The lowest BCUT2D eigenvalue weighted by molar-refractivity contribution is -0.138. The minimum atomic E-state index is -0.630. The highest BCUT2D eigenvalue weighted by Crippen LogP contribution is 2.23. The number of carbonyl (C=O) groups excluding carboxylic acids is 3. The van der Waals surface area contributed by atoms with Gasteiger partial charge in [0.05, 0.1) is 33.7 Å². The Morgan fingerprint density at radius 3 is 1.59 bits per heavy atom. The van der Waals surface area contributed by atoms with Crippen LogP contribution in [0.5, 0.6) is 17.2 Å². The van der Waals surface area contributed by atoms with Crippen molar-refractivity contribution in [2.24, 2.45) is 5.11 Å². The zero-order valence-corrected chi connectivity index (χ0v) is 35.2. The number of ether oxygens (including phenoxy) is 6. The van der Waals surface area contributed by atoms with Crippen molar-refractivity contribution in [1.82, 2.24) is 30.5 Å². The zero-order chi connectivity index (χ0) is 45.7. The molecule has 0 atom stereocenters. The third-order valence-electron chi connectivity index (χ3n) is 8.80. The summed E-state index contributed by atoms with van der Waals surface area (Å²) in [5.74, 6) is 2.40. The van der Waals surface area contributed by atoms with Crippen LogP contribution in [-0.2, 0) is 30.5 Å². The number of nitrogens with zero attached hydrogens (tertiary/aromatic N) is 8. The zero-order valence-electron chi connectivity index (χ0n) is 35.2. The second kappa shape index (κ2) is 26.6. The highest BCUT2D eigenvalue weighted by atomic mass is 16.5. The van der Waals surface area contributed by atoms with Crippen molar-refractivity contribution in [3.8, 4) is 29.6 Å². The first-order valence-electron chi connectivity index (χ1n) is 19.1. The molecule has 0 saturated heterocycles. The van der Waals surface area contributed by atoms with Gasteiger partial charge in [-0.05, 0) is 74.2 Å². The summed E-state index contributed by atoms with van der Waals surface area (Å²) in [7, 11) is 5.62. The molecule has 66 heavy (non-hydrogen) atoms. The summed E-state index contributed by atoms with van der Waals surface area (Å²) in [6.07, 6.45) is 7.68. The Kier molecular flexibility index (Phi) is 20.8. The second-order valence-electron chi connectivity index (χ2n) is 13.0. The number of fused-ring (bicyclic) bond motifs is 3. The summed E-state index contributed by atoms with van der Waals surface area (Å²) in [6.45, 7) is 0.459. The summed E-state index contributed by atoms with van der Waals surface area (Å²) < 4.78 is 31.3. The van der Waals surface area contributed by atoms with E-state index in [1.54, 1.807) is 29.2 Å². The minimum absolute atomic E-state index is 0. The van der Waals surface area contributed by atoms with Gasteiger partial charge in [-0.2, -0.15) is 0 Å². The molecule has 1 aliphatic heterocycles. The van der Waals surface area contributed by atoms with E-state index in [4.69, 9.17) is 24.5 Å². The van der Waals surface area contributed by atoms with E-state index in [-0.39, 0.29) is 40.7 Å². The van der Waals surface area contributed by atoms with Crippen molar-refractivity contribution in [2.75, 3.05) is 41.8 Å². The average molecular weight is 898 g/mol. The Morgan fingerprint density at radius 1 is 0.682 bits per heavy atom. The fourth-order valence-electron chi connectivity index (χ4n) is 5.67. The molecule has 0 amide bonds. The van der Waals surface area contributed by atoms with Gasteiger partial charge in [0.2, 0.25) is 0 Å². The van der Waals surface area contributed by atoms with Crippen molar-refractivity contribution in [3.63, 3.8) is 0 Å². The first-order chi connectivity index (χ1) is 31.1. The van der Waals surface area contributed by atoms with Crippen molar-refractivity contribution >= 4 is 50.2 Å². The lowest BCUT2D eigenvalue weighted by atomic mass is 10.1. The summed E-state index contributed by atoms with van der Waals surface area (Å²) in [4.78, 5) is 35.2. The molecular weight excluding hydrogens is 847 g/mol. The van der Waals surface area contributed by atoms with E-state index in [0.717, 1.165) is 38.4 Å². The van der Waals surface area contributed by atoms with E-state index in [2.05, 4.69) is 47.8 Å². The van der Waals surface area contributed by atoms with E-state index in [1.165, 1.54) is 37.6 Å². The molecule has 0 saturated carbocycles. The van der Waals surface area contributed by atoms with Crippen LogP contribution in [0.4, 0.5) is 0 Å². The van der Waals surface area contributed by atoms with Crippen LogP contribution < -0.4 is 19.7 Å². The van der Waals surface area contributed by atoms with Gasteiger partial charge >= 0.3 is 17.9 Å². The summed E-state index contributed by atoms with van der Waals surface area (Å²) in [5, 5.41) is 20.9. The smallest absolute Gasteiger partial charge is 0.383 e. The maximum absolute atomic E-state index is 11.6. The van der Waals surface area contributed by atoms with Gasteiger partial charge in [0.15, 0.2) is 31.6 Å². The molecule has 0 fully saturated rings. The molecule has 0 bridgehead atoms. The number of terminal acetylenes is 1. The second-order valence-corrected chi connectivity index (χ2v) is 13.0. The standard InChI is InChI=1S/C16H17N3O3.C15H13N3O3.C11H9N3O.C4H4O2.2CH4/c1-18-15(16(20)21-2)10-19(17-18)11-22-14-8-7-12-5-3-4-6-13(12)9-14;1-20-15(19)14-9-18(17-16-14)10-21-13-7-6-11-4-2-3-5-12(11)8-13;12-14-13-8-15-11-6-5-9-3-1-2-4-10(9)7-11;1-3-4(5)6-2;;/h3-10,17H,11H2,1-2H3;2-9H,10H2,1H3;1-7H,8H2;1H,2H3;2*1H4. The number of hydrogen-bond acceptors (Lipinski definition) is 15. The van der Waals surface area contributed by atoms with Crippen molar-refractivity contribution < 1.29 is 42.8 Å². The van der Waals surface area contributed by atoms with Gasteiger partial charge < -0.3 is 28.4 Å². The van der Waals surface area contributed by atoms with Crippen molar-refractivity contribution in [2.45, 2.75) is 21.6 Å². The number of nitrogens with one attached hydrogen (secondary N) is 1. The number of aromatic nitrogens is 3. The number of rotatable bonds is 11. The molecule has 18 heteroatoms. The number of esters is 3. The molecule has 2 heterocycles. The van der Waals surface area contributed by atoms with E-state index in [9.17, 15) is 14.4 Å². The monoisotopic (exact) mass is 897 g/mol. The Morgan fingerprint density at radius 2 is 1.15 bits per heavy atom. The van der Waals surface area contributed by atoms with Crippen molar-refractivity contribution in [3.05, 3.63) is 162 Å². The molecular formula is C48H51N9O9. The molecule has 0 unspecified atom stereocenters. The molecule has 1 aliphatic rings. The number of benzene rings is 6. The van der Waals surface area contributed by atoms with Gasteiger partial charge in [0, 0.05) is 17.9 Å². The maximum atomic E-state index is 11.6. The first-order valence-corrected chi connectivity index (χ1v) is 19.1. The Balaban J connectivity index is 0.000000247. The molecule has 18 nitrogen and oxygen atoms in total. The predicted octanol–water partition coefficient (Wildman–Crippen LogP) is 8.66. The van der Waals surface area contributed by atoms with Gasteiger partial charge in [0.1, 0.15) is 17.2 Å². The number of likely N-dealkylation sites (N-methyl/N-ethyl adjacent to an activating group) is 1. The largest absolute Gasteiger partial charge is 0.488 e. The molecule has 1 aromatic heterocycles.